The lowest BCUT2D eigenvalue weighted by atomic mass is 10.0. The molecule has 0 fully saturated rings. The third kappa shape index (κ3) is 7.86. The van der Waals surface area contributed by atoms with Gasteiger partial charge >= 0.3 is 6.18 Å². The van der Waals surface area contributed by atoms with Gasteiger partial charge in [-0.05, 0) is 61.0 Å². The van der Waals surface area contributed by atoms with Crippen LogP contribution in [0.2, 0.25) is 0 Å². The minimum absolute atomic E-state index is 0.116. The van der Waals surface area contributed by atoms with E-state index in [2.05, 4.69) is 10.6 Å². The summed E-state index contributed by atoms with van der Waals surface area (Å²) in [6.07, 6.45) is -4.64. The number of alkyl halides is 3. The van der Waals surface area contributed by atoms with Gasteiger partial charge in [0.2, 0.25) is 15.9 Å². The summed E-state index contributed by atoms with van der Waals surface area (Å²) in [5.41, 5.74) is 1.04. The molecule has 2 atom stereocenters. The molecule has 37 heavy (non-hydrogen) atoms. The maximum atomic E-state index is 13.2. The van der Waals surface area contributed by atoms with E-state index in [1.807, 2.05) is 0 Å². The Bertz CT molecular complexity index is 1330. The van der Waals surface area contributed by atoms with Gasteiger partial charge in [0, 0.05) is 17.7 Å². The maximum Gasteiger partial charge on any atom is 0.404 e. The SMILES string of the molecule is C[C@H](NS(=O)(=O)c1ccc(NC(=O)[C@H](Cc2ccccc2)NC(=O)c2ccc(F)cc2)cc1)C(F)(F)F. The Hall–Kier alpha value is -3.77. The van der Waals surface area contributed by atoms with Crippen LogP contribution in [0.1, 0.15) is 22.8 Å². The molecule has 0 aliphatic rings. The Balaban J connectivity index is 1.75. The van der Waals surface area contributed by atoms with Gasteiger partial charge in [-0.3, -0.25) is 9.59 Å². The van der Waals surface area contributed by atoms with Gasteiger partial charge in [0.1, 0.15) is 17.9 Å². The minimum Gasteiger partial charge on any atom is -0.340 e. The Morgan fingerprint density at radius 1 is 0.892 bits per heavy atom. The van der Waals surface area contributed by atoms with Gasteiger partial charge in [-0.2, -0.15) is 17.9 Å². The van der Waals surface area contributed by atoms with Crippen molar-refractivity contribution < 1.29 is 35.6 Å². The predicted molar refractivity (Wildman–Crippen MR) is 129 cm³/mol. The quantitative estimate of drug-likeness (QED) is 0.359. The van der Waals surface area contributed by atoms with Crippen LogP contribution >= 0.6 is 0 Å². The molecule has 3 rings (SSSR count). The molecule has 3 N–H and O–H groups in total. The van der Waals surface area contributed by atoms with E-state index in [9.17, 15) is 35.6 Å². The van der Waals surface area contributed by atoms with Crippen LogP contribution in [0.15, 0.2) is 83.8 Å². The summed E-state index contributed by atoms with van der Waals surface area (Å²) in [5, 5.41) is 5.17. The highest BCUT2D eigenvalue weighted by Crippen LogP contribution is 2.22. The summed E-state index contributed by atoms with van der Waals surface area (Å²) in [6.45, 7) is 0.680. The average molecular weight is 538 g/mol. The topological polar surface area (TPSA) is 104 Å². The summed E-state index contributed by atoms with van der Waals surface area (Å²) in [7, 11) is -4.46. The molecule has 196 valence electrons. The number of halogens is 4. The molecule has 0 saturated carbocycles. The summed E-state index contributed by atoms with van der Waals surface area (Å²) in [4.78, 5) is 25.3. The van der Waals surface area contributed by atoms with Gasteiger partial charge in [0.25, 0.3) is 5.91 Å². The van der Waals surface area contributed by atoms with E-state index >= 15 is 0 Å². The molecule has 0 spiro atoms. The lowest BCUT2D eigenvalue weighted by molar-refractivity contribution is -0.147. The molecule has 2 amide bonds. The van der Waals surface area contributed by atoms with Crippen molar-refractivity contribution in [2.75, 3.05) is 5.32 Å². The molecule has 0 saturated heterocycles. The highest BCUT2D eigenvalue weighted by atomic mass is 32.2. The fourth-order valence-corrected chi connectivity index (χ4v) is 4.45. The van der Waals surface area contributed by atoms with Crippen LogP contribution < -0.4 is 15.4 Å². The second-order valence-corrected chi connectivity index (χ2v) is 9.83. The lowest BCUT2D eigenvalue weighted by Gasteiger charge is -2.19. The molecule has 0 unspecified atom stereocenters. The number of rotatable bonds is 9. The Kier molecular flexibility index (Phi) is 8.66. The van der Waals surface area contributed by atoms with Gasteiger partial charge < -0.3 is 10.6 Å². The van der Waals surface area contributed by atoms with E-state index in [1.54, 1.807) is 35.1 Å². The smallest absolute Gasteiger partial charge is 0.340 e. The molecule has 3 aromatic rings. The first-order chi connectivity index (χ1) is 17.3. The van der Waals surface area contributed by atoms with Crippen LogP contribution in [-0.4, -0.2) is 38.5 Å². The van der Waals surface area contributed by atoms with E-state index < -0.39 is 50.8 Å². The van der Waals surface area contributed by atoms with Crippen molar-refractivity contribution >= 4 is 27.5 Å². The van der Waals surface area contributed by atoms with E-state index in [4.69, 9.17) is 0 Å². The van der Waals surface area contributed by atoms with Crippen molar-refractivity contribution in [1.82, 2.24) is 10.0 Å². The fraction of sp³-hybridized carbons (Fsp3) is 0.200. The first kappa shape index (κ1) is 27.8. The Morgan fingerprint density at radius 3 is 2.05 bits per heavy atom. The lowest BCUT2D eigenvalue weighted by Crippen LogP contribution is -2.45. The fourth-order valence-electron chi connectivity index (χ4n) is 3.22. The van der Waals surface area contributed by atoms with Gasteiger partial charge in [0.05, 0.1) is 4.90 Å². The van der Waals surface area contributed by atoms with Crippen molar-refractivity contribution in [1.29, 1.82) is 0 Å². The molecular formula is C25H23F4N3O4S. The zero-order valence-corrected chi connectivity index (χ0v) is 20.2. The van der Waals surface area contributed by atoms with Gasteiger partial charge in [-0.1, -0.05) is 30.3 Å². The number of hydrogen-bond acceptors (Lipinski definition) is 4. The van der Waals surface area contributed by atoms with Gasteiger partial charge in [-0.25, -0.2) is 12.8 Å². The monoisotopic (exact) mass is 537 g/mol. The van der Waals surface area contributed by atoms with Gasteiger partial charge in [-0.15, -0.1) is 0 Å². The number of carbonyl (C=O) groups is 2. The number of anilines is 1. The van der Waals surface area contributed by atoms with E-state index in [0.717, 1.165) is 29.8 Å². The number of carbonyl (C=O) groups excluding carboxylic acids is 2. The van der Waals surface area contributed by atoms with Crippen LogP contribution in [0.4, 0.5) is 23.2 Å². The number of hydrogen-bond donors (Lipinski definition) is 3. The van der Waals surface area contributed by atoms with Crippen molar-refractivity contribution in [2.45, 2.75) is 36.5 Å². The molecule has 0 aliphatic carbocycles. The third-order valence-electron chi connectivity index (χ3n) is 5.27. The molecule has 0 radical (unpaired) electrons. The number of amides is 2. The highest BCUT2D eigenvalue weighted by molar-refractivity contribution is 7.89. The van der Waals surface area contributed by atoms with E-state index in [1.165, 1.54) is 24.3 Å². The maximum absolute atomic E-state index is 13.2. The van der Waals surface area contributed by atoms with Crippen LogP contribution in [0.3, 0.4) is 0 Å². The van der Waals surface area contributed by atoms with E-state index in [-0.39, 0.29) is 17.7 Å². The van der Waals surface area contributed by atoms with Crippen molar-refractivity contribution in [3.63, 3.8) is 0 Å². The van der Waals surface area contributed by atoms with Gasteiger partial charge in [0.15, 0.2) is 0 Å². The largest absolute Gasteiger partial charge is 0.404 e. The minimum atomic E-state index is -4.76. The highest BCUT2D eigenvalue weighted by Gasteiger charge is 2.38. The van der Waals surface area contributed by atoms with Crippen molar-refractivity contribution in [2.24, 2.45) is 0 Å². The van der Waals surface area contributed by atoms with E-state index in [0.29, 0.717) is 6.92 Å². The molecule has 12 heteroatoms. The molecule has 3 aromatic carbocycles. The molecule has 0 heterocycles. The van der Waals surface area contributed by atoms with Crippen LogP contribution in [0, 0.1) is 5.82 Å². The molecule has 0 aromatic heterocycles. The third-order valence-corrected chi connectivity index (χ3v) is 6.82. The Morgan fingerprint density at radius 2 is 1.49 bits per heavy atom. The van der Waals surface area contributed by atoms with Crippen molar-refractivity contribution in [3.05, 3.63) is 95.8 Å². The molecular weight excluding hydrogens is 514 g/mol. The standard InChI is InChI=1S/C25H23F4N3O4S/c1-16(25(27,28)29)32-37(35,36)21-13-11-20(12-14-21)30-24(34)22(15-17-5-3-2-4-6-17)31-23(33)18-7-9-19(26)10-8-18/h2-14,16,22,32H,15H2,1H3,(H,30,34)(H,31,33)/t16-,22-/m0/s1. The molecule has 0 bridgehead atoms. The first-order valence-electron chi connectivity index (χ1n) is 11.0. The van der Waals surface area contributed by atoms with Crippen LogP contribution in [0.5, 0.6) is 0 Å². The van der Waals surface area contributed by atoms with Crippen LogP contribution in [-0.2, 0) is 21.2 Å². The molecule has 7 nitrogen and oxygen atoms in total. The number of sulfonamides is 1. The molecule has 0 aliphatic heterocycles. The van der Waals surface area contributed by atoms with Crippen molar-refractivity contribution in [3.8, 4) is 0 Å². The second-order valence-electron chi connectivity index (χ2n) is 8.12. The Labute approximate surface area is 210 Å². The number of benzene rings is 3. The second kappa shape index (κ2) is 11.5. The number of nitrogens with one attached hydrogen (secondary N) is 3. The summed E-state index contributed by atoms with van der Waals surface area (Å²) in [6, 6.07) is 14.8. The average Bonchev–Trinajstić information content (AvgIpc) is 2.84. The predicted octanol–water partition coefficient (Wildman–Crippen LogP) is 4.03. The van der Waals surface area contributed by atoms with Crippen LogP contribution in [0.25, 0.3) is 0 Å². The summed E-state index contributed by atoms with van der Waals surface area (Å²) < 4.78 is 77.4. The zero-order valence-electron chi connectivity index (χ0n) is 19.4. The summed E-state index contributed by atoms with van der Waals surface area (Å²) in [5.74, 6) is -1.76. The summed E-state index contributed by atoms with van der Waals surface area (Å²) >= 11 is 0. The zero-order chi connectivity index (χ0) is 27.2. The first-order valence-corrected chi connectivity index (χ1v) is 12.4. The normalized spacial score (nSPS) is 13.4.